The molecule has 1 aliphatic rings. The molecule has 0 unspecified atom stereocenters. The molecule has 1 aliphatic heterocycles. The first-order valence-electron chi connectivity index (χ1n) is 13.9. The Balaban J connectivity index is 1.96. The summed E-state index contributed by atoms with van der Waals surface area (Å²) >= 11 is 0. The van der Waals surface area contributed by atoms with E-state index in [0.717, 1.165) is 5.56 Å². The highest BCUT2D eigenvalue weighted by molar-refractivity contribution is 7.89. The number of aryl methyl sites for hydroxylation is 1. The number of para-hydroxylation sites is 2. The Bertz CT molecular complexity index is 1760. The van der Waals surface area contributed by atoms with E-state index in [1.165, 1.54) is 12.1 Å². The highest BCUT2D eigenvalue weighted by atomic mass is 32.2. The van der Waals surface area contributed by atoms with Crippen LogP contribution in [-0.4, -0.2) is 79.1 Å². The summed E-state index contributed by atoms with van der Waals surface area (Å²) in [5.41, 5.74) is -0.187. The third kappa shape index (κ3) is 7.17. The average molecular weight is 660 g/mol. The van der Waals surface area contributed by atoms with Crippen molar-refractivity contribution in [3.8, 4) is 0 Å². The van der Waals surface area contributed by atoms with Crippen LogP contribution in [0.3, 0.4) is 0 Å². The Morgan fingerprint density at radius 2 is 1.38 bits per heavy atom. The van der Waals surface area contributed by atoms with E-state index in [2.05, 4.69) is 5.32 Å². The number of nitrogens with zero attached hydrogens (tertiary/aromatic N) is 2. The largest absolute Gasteiger partial charge is 0.481 e. The van der Waals surface area contributed by atoms with E-state index < -0.39 is 68.8 Å². The minimum atomic E-state index is -4.59. The summed E-state index contributed by atoms with van der Waals surface area (Å²) in [5, 5.41) is 21.8. The average Bonchev–Trinajstić information content (AvgIpc) is 2.98. The van der Waals surface area contributed by atoms with Gasteiger partial charge in [-0.25, -0.2) is 12.7 Å². The molecule has 0 saturated carbocycles. The van der Waals surface area contributed by atoms with Crippen molar-refractivity contribution in [3.05, 3.63) is 89.5 Å². The first-order valence-corrected chi connectivity index (χ1v) is 17.0. The molecule has 15 heteroatoms. The number of aliphatic carboxylic acids is 2. The number of benzene rings is 3. The van der Waals surface area contributed by atoms with Gasteiger partial charge in [0, 0.05) is 42.0 Å². The van der Waals surface area contributed by atoms with Crippen molar-refractivity contribution in [1.29, 1.82) is 0 Å². The SMILES string of the molecule is Cc1ccc(S(=O)(=O)N(CCCC(=O)O)C(=O)C2(NCC(=O)O)c3ccccc3N(CCCS(=O)(=O)O)c3ccccc32)cc1. The van der Waals surface area contributed by atoms with E-state index >= 15 is 0 Å². The standard InChI is InChI=1S/C30H33N3O10S2/c1-21-13-15-22(16-14-21)45(42,43)33(18-6-12-27(34)35)29(38)30(31-20-28(36)37)23-8-2-4-10-25(23)32(17-7-19-44(39,40)41)26-11-5-3-9-24(26)30/h2-5,8-11,13-16,31H,6-7,12,17-20H2,1H3,(H,34,35)(H,36,37)(H,39,40,41). The van der Waals surface area contributed by atoms with E-state index in [9.17, 15) is 46.0 Å². The van der Waals surface area contributed by atoms with Crippen molar-refractivity contribution in [2.45, 2.75) is 36.6 Å². The molecule has 0 saturated heterocycles. The Morgan fingerprint density at radius 3 is 1.89 bits per heavy atom. The lowest BCUT2D eigenvalue weighted by Crippen LogP contribution is -2.60. The number of hydrogen-bond donors (Lipinski definition) is 4. The van der Waals surface area contributed by atoms with Gasteiger partial charge in [-0.2, -0.15) is 8.42 Å². The highest BCUT2D eigenvalue weighted by Gasteiger charge is 2.53. The fourth-order valence-corrected chi connectivity index (χ4v) is 7.36. The smallest absolute Gasteiger partial charge is 0.317 e. The number of carbonyl (C=O) groups excluding carboxylic acids is 1. The van der Waals surface area contributed by atoms with E-state index in [1.807, 2.05) is 0 Å². The quantitative estimate of drug-likeness (QED) is 0.185. The van der Waals surface area contributed by atoms with Crippen molar-refractivity contribution in [2.24, 2.45) is 0 Å². The number of sulfonamides is 1. The van der Waals surface area contributed by atoms with Gasteiger partial charge in [0.05, 0.1) is 17.2 Å². The summed E-state index contributed by atoms with van der Waals surface area (Å²) in [6, 6.07) is 18.6. The van der Waals surface area contributed by atoms with Gasteiger partial charge < -0.3 is 15.1 Å². The van der Waals surface area contributed by atoms with E-state index in [4.69, 9.17) is 0 Å². The van der Waals surface area contributed by atoms with Gasteiger partial charge in [-0.3, -0.25) is 24.3 Å². The first-order chi connectivity index (χ1) is 21.2. The number of rotatable bonds is 14. The molecule has 0 spiro atoms. The Labute approximate surface area is 260 Å². The number of carboxylic acid groups (broad SMARTS) is 2. The number of amides is 1. The van der Waals surface area contributed by atoms with Crippen LogP contribution >= 0.6 is 0 Å². The number of nitrogens with one attached hydrogen (secondary N) is 1. The Morgan fingerprint density at radius 1 is 0.822 bits per heavy atom. The topological polar surface area (TPSA) is 199 Å². The second kappa shape index (κ2) is 13.4. The molecular formula is C30H33N3O10S2. The van der Waals surface area contributed by atoms with Crippen LogP contribution in [0.25, 0.3) is 0 Å². The second-order valence-corrected chi connectivity index (χ2v) is 13.9. The predicted octanol–water partition coefficient (Wildman–Crippen LogP) is 2.72. The number of carboxylic acids is 2. The minimum absolute atomic E-state index is 0.00583. The molecule has 13 nitrogen and oxygen atoms in total. The van der Waals surface area contributed by atoms with Gasteiger partial charge in [-0.1, -0.05) is 54.1 Å². The van der Waals surface area contributed by atoms with Crippen LogP contribution in [0, 0.1) is 6.92 Å². The molecule has 0 aromatic heterocycles. The van der Waals surface area contributed by atoms with Crippen LogP contribution in [0.15, 0.2) is 77.7 Å². The highest BCUT2D eigenvalue weighted by Crippen LogP contribution is 2.49. The third-order valence-electron chi connectivity index (χ3n) is 7.39. The monoisotopic (exact) mass is 659 g/mol. The lowest BCUT2D eigenvalue weighted by molar-refractivity contribution is -0.139. The molecule has 1 heterocycles. The molecule has 0 fully saturated rings. The molecule has 4 rings (SSSR count). The van der Waals surface area contributed by atoms with Gasteiger partial charge in [-0.05, 0) is 44.0 Å². The zero-order chi connectivity index (χ0) is 33.0. The molecule has 3 aromatic rings. The van der Waals surface area contributed by atoms with E-state index in [0.29, 0.717) is 15.7 Å². The van der Waals surface area contributed by atoms with Crippen LogP contribution in [0.2, 0.25) is 0 Å². The first kappa shape index (κ1) is 33.6. The van der Waals surface area contributed by atoms with Crippen molar-refractivity contribution in [3.63, 3.8) is 0 Å². The fourth-order valence-electron chi connectivity index (χ4n) is 5.41. The maximum atomic E-state index is 15.0. The molecular weight excluding hydrogens is 626 g/mol. The maximum absolute atomic E-state index is 15.0. The van der Waals surface area contributed by atoms with Gasteiger partial charge in [0.15, 0.2) is 5.54 Å². The van der Waals surface area contributed by atoms with Gasteiger partial charge in [0.1, 0.15) is 0 Å². The molecule has 0 atom stereocenters. The van der Waals surface area contributed by atoms with Gasteiger partial charge in [0.25, 0.3) is 26.0 Å². The van der Waals surface area contributed by atoms with Crippen LogP contribution in [0.5, 0.6) is 0 Å². The lowest BCUT2D eigenvalue weighted by Gasteiger charge is -2.46. The molecule has 45 heavy (non-hydrogen) atoms. The number of hydrogen-bond acceptors (Lipinski definition) is 9. The summed E-state index contributed by atoms with van der Waals surface area (Å²) in [4.78, 5) is 39.8. The second-order valence-electron chi connectivity index (χ2n) is 10.5. The molecule has 4 N–H and O–H groups in total. The summed E-state index contributed by atoms with van der Waals surface area (Å²) in [6.07, 6.45) is -0.655. The van der Waals surface area contributed by atoms with Crippen molar-refractivity contribution in [2.75, 3.05) is 30.3 Å². The lowest BCUT2D eigenvalue weighted by atomic mass is 9.76. The normalized spacial score (nSPS) is 13.9. The molecule has 0 radical (unpaired) electrons. The van der Waals surface area contributed by atoms with E-state index in [1.54, 1.807) is 72.5 Å². The molecule has 0 bridgehead atoms. The van der Waals surface area contributed by atoms with Crippen molar-refractivity contribution < 1.29 is 46.0 Å². The van der Waals surface area contributed by atoms with Crippen molar-refractivity contribution >= 4 is 49.4 Å². The molecule has 3 aromatic carbocycles. The minimum Gasteiger partial charge on any atom is -0.481 e. The zero-order valence-corrected chi connectivity index (χ0v) is 25.9. The van der Waals surface area contributed by atoms with Gasteiger partial charge >= 0.3 is 11.9 Å². The van der Waals surface area contributed by atoms with E-state index in [-0.39, 0.29) is 35.4 Å². The van der Waals surface area contributed by atoms with Crippen LogP contribution in [-0.2, 0) is 40.1 Å². The van der Waals surface area contributed by atoms with Gasteiger partial charge in [-0.15, -0.1) is 0 Å². The molecule has 1 amide bonds. The van der Waals surface area contributed by atoms with Crippen LogP contribution in [0.4, 0.5) is 11.4 Å². The van der Waals surface area contributed by atoms with Crippen molar-refractivity contribution in [1.82, 2.24) is 9.62 Å². The predicted molar refractivity (Wildman–Crippen MR) is 164 cm³/mol. The number of fused-ring (bicyclic) bond motifs is 2. The summed E-state index contributed by atoms with van der Waals surface area (Å²) in [7, 11) is -8.87. The summed E-state index contributed by atoms with van der Waals surface area (Å²) in [5.74, 6) is -4.11. The Hall–Kier alpha value is -4.31. The van der Waals surface area contributed by atoms with Crippen LogP contribution in [0.1, 0.15) is 36.0 Å². The zero-order valence-electron chi connectivity index (χ0n) is 24.3. The van der Waals surface area contributed by atoms with Crippen LogP contribution < -0.4 is 10.2 Å². The Kier molecular flexibility index (Phi) is 9.97. The maximum Gasteiger partial charge on any atom is 0.317 e. The summed E-state index contributed by atoms with van der Waals surface area (Å²) < 4.78 is 61.1. The third-order valence-corrected chi connectivity index (χ3v) is 10.00. The molecule has 0 aliphatic carbocycles. The summed E-state index contributed by atoms with van der Waals surface area (Å²) in [6.45, 7) is 0.556. The fraction of sp³-hybridized carbons (Fsp3) is 0.300. The number of anilines is 2. The number of carbonyl (C=O) groups is 3. The van der Waals surface area contributed by atoms with Gasteiger partial charge in [0.2, 0.25) is 0 Å². The molecule has 240 valence electrons.